The van der Waals surface area contributed by atoms with Crippen molar-refractivity contribution in [2.45, 2.75) is 19.6 Å². The summed E-state index contributed by atoms with van der Waals surface area (Å²) in [6.45, 7) is 0. The molecule has 0 aromatic heterocycles. The molecule has 9 nitrogen and oxygen atoms in total. The second-order valence-electron chi connectivity index (χ2n) is 4.61. The molecule has 0 heterocycles. The summed E-state index contributed by atoms with van der Waals surface area (Å²) in [4.78, 5) is -3.69. The van der Waals surface area contributed by atoms with E-state index in [0.717, 1.165) is 0 Å². The van der Waals surface area contributed by atoms with Crippen LogP contribution in [0.4, 0.5) is 0 Å². The van der Waals surface area contributed by atoms with Crippen molar-refractivity contribution in [3.05, 3.63) is 12.1 Å². The highest BCUT2D eigenvalue weighted by molar-refractivity contribution is 7.95. The molecule has 0 aliphatic rings. The van der Waals surface area contributed by atoms with Crippen molar-refractivity contribution in [1.29, 1.82) is 0 Å². The third kappa shape index (κ3) is 4.04. The largest absolute Gasteiger partial charge is 0.238 e. The van der Waals surface area contributed by atoms with Gasteiger partial charge in [0.25, 0.3) is 0 Å². The summed E-state index contributed by atoms with van der Waals surface area (Å²) in [5.41, 5.74) is 0. The first-order valence-electron chi connectivity index (χ1n) is 5.26. The Hall–Kier alpha value is -1.02. The lowest BCUT2D eigenvalue weighted by Gasteiger charge is -2.13. The number of hydrogen-bond donors (Lipinski definition) is 1. The van der Waals surface area contributed by atoms with Gasteiger partial charge in [-0.25, -0.2) is 38.8 Å². The van der Waals surface area contributed by atoms with Crippen molar-refractivity contribution in [2.75, 3.05) is 18.8 Å². The third-order valence-electron chi connectivity index (χ3n) is 2.49. The Bertz CT molecular complexity index is 994. The van der Waals surface area contributed by atoms with Crippen LogP contribution in [0, 0.1) is 0 Å². The minimum absolute atomic E-state index is 0.524. The van der Waals surface area contributed by atoms with Crippen LogP contribution >= 0.6 is 0 Å². The van der Waals surface area contributed by atoms with Gasteiger partial charge in [-0.2, -0.15) is 0 Å². The van der Waals surface area contributed by atoms with Crippen molar-refractivity contribution < 1.29 is 33.7 Å². The van der Waals surface area contributed by atoms with E-state index in [9.17, 15) is 33.7 Å². The second-order valence-corrected chi connectivity index (χ2v) is 12.1. The third-order valence-corrected chi connectivity index (χ3v) is 7.07. The Morgan fingerprint density at radius 3 is 1.18 bits per heavy atom. The van der Waals surface area contributed by atoms with Crippen LogP contribution in [0.25, 0.3) is 0 Å². The van der Waals surface area contributed by atoms with Gasteiger partial charge < -0.3 is 0 Å². The number of nitrogens with two attached hydrogens (primary N) is 1. The van der Waals surface area contributed by atoms with Crippen LogP contribution in [-0.2, 0) is 39.5 Å². The Balaban J connectivity index is 4.34. The molecule has 0 saturated heterocycles. The first kappa shape index (κ1) is 19.0. The summed E-state index contributed by atoms with van der Waals surface area (Å²) in [5.74, 6) is 0. The van der Waals surface area contributed by atoms with Gasteiger partial charge in [0.1, 0.15) is 4.90 Å². The minimum atomic E-state index is -4.45. The summed E-state index contributed by atoms with van der Waals surface area (Å²) in [5, 5.41) is 4.87. The van der Waals surface area contributed by atoms with Crippen LogP contribution in [0.15, 0.2) is 31.7 Å². The number of benzene rings is 1. The molecule has 0 atom stereocenters. The summed E-state index contributed by atoms with van der Waals surface area (Å²) in [7, 11) is -17.2. The van der Waals surface area contributed by atoms with Crippen molar-refractivity contribution in [3.63, 3.8) is 0 Å². The molecule has 2 N–H and O–H groups in total. The fraction of sp³-hybridized carbons (Fsp3) is 0.333. The molecular weight excluding hydrogens is 378 g/mol. The van der Waals surface area contributed by atoms with E-state index in [4.69, 9.17) is 5.14 Å². The maximum atomic E-state index is 11.8. The van der Waals surface area contributed by atoms with E-state index >= 15 is 0 Å². The van der Waals surface area contributed by atoms with Crippen molar-refractivity contribution >= 4 is 39.5 Å². The molecule has 0 bridgehead atoms. The number of rotatable bonds is 4. The van der Waals surface area contributed by atoms with E-state index in [1.165, 1.54) is 0 Å². The summed E-state index contributed by atoms with van der Waals surface area (Å²) >= 11 is 0. The lowest BCUT2D eigenvalue weighted by atomic mass is 10.3. The van der Waals surface area contributed by atoms with E-state index in [0.29, 0.717) is 30.9 Å². The monoisotopic (exact) mass is 391 g/mol. The maximum absolute atomic E-state index is 11.8. The van der Waals surface area contributed by atoms with Crippen LogP contribution in [0.3, 0.4) is 0 Å². The summed E-state index contributed by atoms with van der Waals surface area (Å²) in [6, 6.07) is 1.05. The van der Waals surface area contributed by atoms with Crippen LogP contribution in [-0.4, -0.2) is 52.4 Å². The molecule has 13 heteroatoms. The fourth-order valence-corrected chi connectivity index (χ4v) is 6.65. The molecule has 0 spiro atoms. The second kappa shape index (κ2) is 5.26. The molecule has 0 fully saturated rings. The molecule has 22 heavy (non-hydrogen) atoms. The van der Waals surface area contributed by atoms with Crippen molar-refractivity contribution in [1.82, 2.24) is 0 Å². The Morgan fingerprint density at radius 2 is 1.00 bits per heavy atom. The smallest absolute Gasteiger partial charge is 0.225 e. The van der Waals surface area contributed by atoms with Gasteiger partial charge in [0.15, 0.2) is 29.5 Å². The highest BCUT2D eigenvalue weighted by Crippen LogP contribution is 2.31. The standard InChI is InChI=1S/C9H13NO8S4/c1-19(11,12)7-4-6(22(10,17)18)5-8(20(2,13)14)9(7)21(3,15)16/h4-5H,1-3H3,(H2,10,17,18). The molecule has 0 unspecified atom stereocenters. The molecule has 0 amide bonds. The molecule has 1 aromatic carbocycles. The van der Waals surface area contributed by atoms with Gasteiger partial charge in [-0.3, -0.25) is 0 Å². The van der Waals surface area contributed by atoms with Crippen LogP contribution < -0.4 is 5.14 Å². The molecular formula is C9H13NO8S4. The Kier molecular flexibility index (Phi) is 4.55. The lowest BCUT2D eigenvalue weighted by Crippen LogP contribution is -2.18. The van der Waals surface area contributed by atoms with Gasteiger partial charge in [-0.15, -0.1) is 0 Å². The average Bonchev–Trinajstić information content (AvgIpc) is 2.22. The maximum Gasteiger partial charge on any atom is 0.238 e. The fourth-order valence-electron chi connectivity index (χ4n) is 1.63. The summed E-state index contributed by atoms with van der Waals surface area (Å²) in [6.07, 6.45) is 1.86. The summed E-state index contributed by atoms with van der Waals surface area (Å²) < 4.78 is 93.5. The minimum Gasteiger partial charge on any atom is -0.225 e. The van der Waals surface area contributed by atoms with Gasteiger partial charge in [0, 0.05) is 18.8 Å². The quantitative estimate of drug-likeness (QED) is 0.651. The molecule has 0 radical (unpaired) electrons. The molecule has 126 valence electrons. The SMILES string of the molecule is CS(=O)(=O)c1cc(S(N)(=O)=O)cc(S(C)(=O)=O)c1S(C)(=O)=O. The first-order valence-corrected chi connectivity index (χ1v) is 12.5. The van der Waals surface area contributed by atoms with Gasteiger partial charge in [0.2, 0.25) is 10.0 Å². The zero-order chi connectivity index (χ0) is 17.7. The van der Waals surface area contributed by atoms with E-state index in [2.05, 4.69) is 0 Å². The molecule has 0 aliphatic carbocycles. The lowest BCUT2D eigenvalue weighted by molar-refractivity contribution is 0.577. The van der Waals surface area contributed by atoms with E-state index in [-0.39, 0.29) is 0 Å². The zero-order valence-electron chi connectivity index (χ0n) is 11.6. The number of sulfone groups is 3. The predicted octanol–water partition coefficient (Wildman–Crippen LogP) is -1.46. The van der Waals surface area contributed by atoms with Gasteiger partial charge in [0.05, 0.1) is 14.7 Å². The van der Waals surface area contributed by atoms with Gasteiger partial charge in [-0.1, -0.05) is 0 Å². The molecule has 0 saturated carbocycles. The first-order chi connectivity index (χ1) is 9.45. The highest BCUT2D eigenvalue weighted by Gasteiger charge is 2.31. The Labute approximate surface area is 129 Å². The van der Waals surface area contributed by atoms with Crippen molar-refractivity contribution in [2.24, 2.45) is 5.14 Å². The molecule has 1 rings (SSSR count). The van der Waals surface area contributed by atoms with E-state index in [1.807, 2.05) is 0 Å². The highest BCUT2D eigenvalue weighted by atomic mass is 32.2. The molecule has 1 aromatic rings. The topological polar surface area (TPSA) is 163 Å². The van der Waals surface area contributed by atoms with Crippen molar-refractivity contribution in [3.8, 4) is 0 Å². The number of hydrogen-bond acceptors (Lipinski definition) is 8. The predicted molar refractivity (Wildman–Crippen MR) is 77.1 cm³/mol. The van der Waals surface area contributed by atoms with Crippen LogP contribution in [0.1, 0.15) is 0 Å². The van der Waals surface area contributed by atoms with Gasteiger partial charge in [-0.05, 0) is 12.1 Å². The zero-order valence-corrected chi connectivity index (χ0v) is 14.9. The van der Waals surface area contributed by atoms with E-state index < -0.39 is 59.1 Å². The normalized spacial score (nSPS) is 14.0. The Morgan fingerprint density at radius 1 is 0.682 bits per heavy atom. The number of primary sulfonamides is 1. The van der Waals surface area contributed by atoms with E-state index in [1.54, 1.807) is 0 Å². The average molecular weight is 391 g/mol. The molecule has 0 aliphatic heterocycles. The van der Waals surface area contributed by atoms with Gasteiger partial charge >= 0.3 is 0 Å². The number of sulfonamides is 1. The van der Waals surface area contributed by atoms with Crippen LogP contribution in [0.5, 0.6) is 0 Å². The van der Waals surface area contributed by atoms with Crippen LogP contribution in [0.2, 0.25) is 0 Å².